The Bertz CT molecular complexity index is 480. The zero-order valence-corrected chi connectivity index (χ0v) is 10.7. The van der Waals surface area contributed by atoms with Gasteiger partial charge >= 0.3 is 0 Å². The topological polar surface area (TPSA) is 34.1 Å². The summed E-state index contributed by atoms with van der Waals surface area (Å²) in [6.07, 6.45) is 3.58. The van der Waals surface area contributed by atoms with Crippen LogP contribution in [0.15, 0.2) is 24.3 Å². The van der Waals surface area contributed by atoms with Crippen LogP contribution in [-0.4, -0.2) is 24.2 Å². The first-order valence-corrected chi connectivity index (χ1v) is 6.78. The van der Waals surface area contributed by atoms with Gasteiger partial charge in [0.2, 0.25) is 0 Å². The highest BCUT2D eigenvalue weighted by molar-refractivity contribution is 7.22. The number of hydrogen-bond donors (Lipinski definition) is 1. The summed E-state index contributed by atoms with van der Waals surface area (Å²) in [6.45, 7) is 0.864. The number of para-hydroxylation sites is 1. The van der Waals surface area contributed by atoms with E-state index in [1.807, 2.05) is 18.2 Å². The highest BCUT2D eigenvalue weighted by Crippen LogP contribution is 2.35. The molecule has 0 spiro atoms. The third-order valence-corrected chi connectivity index (χ3v) is 4.55. The Morgan fingerprint density at radius 3 is 2.88 bits per heavy atom. The van der Waals surface area contributed by atoms with Crippen molar-refractivity contribution < 1.29 is 4.74 Å². The number of thiazole rings is 1. The second kappa shape index (κ2) is 4.27. The first-order chi connectivity index (χ1) is 8.31. The lowest BCUT2D eigenvalue weighted by atomic mass is 9.80. The number of nitrogens with one attached hydrogen (secondary N) is 1. The number of aromatic nitrogens is 1. The van der Waals surface area contributed by atoms with Crippen LogP contribution in [0.4, 0.5) is 5.13 Å². The van der Waals surface area contributed by atoms with Crippen LogP contribution < -0.4 is 5.32 Å². The second-order valence-electron chi connectivity index (χ2n) is 4.58. The largest absolute Gasteiger partial charge is 0.376 e. The van der Waals surface area contributed by atoms with Gasteiger partial charge in [-0.1, -0.05) is 23.5 Å². The predicted molar refractivity (Wildman–Crippen MR) is 71.7 cm³/mol. The minimum Gasteiger partial charge on any atom is -0.376 e. The van der Waals surface area contributed by atoms with Gasteiger partial charge in [-0.3, -0.25) is 0 Å². The molecule has 17 heavy (non-hydrogen) atoms. The van der Waals surface area contributed by atoms with E-state index < -0.39 is 0 Å². The van der Waals surface area contributed by atoms with Gasteiger partial charge in [0, 0.05) is 13.7 Å². The molecular formula is C13H16N2OS. The summed E-state index contributed by atoms with van der Waals surface area (Å²) in [5, 5.41) is 4.41. The standard InChI is InChI=1S/C13H16N2OS/c1-16-13(7-4-8-13)9-14-12-15-10-5-2-3-6-11(10)17-12/h2-3,5-6H,4,7-9H2,1H3,(H,14,15). The lowest BCUT2D eigenvalue weighted by Gasteiger charge is -2.40. The molecule has 1 aliphatic carbocycles. The number of fused-ring (bicyclic) bond motifs is 1. The van der Waals surface area contributed by atoms with E-state index in [1.54, 1.807) is 18.4 Å². The molecule has 0 aliphatic heterocycles. The normalized spacial score (nSPS) is 17.9. The fourth-order valence-corrected chi connectivity index (χ4v) is 3.07. The van der Waals surface area contributed by atoms with E-state index in [1.165, 1.54) is 11.1 Å². The van der Waals surface area contributed by atoms with E-state index in [2.05, 4.69) is 16.4 Å². The summed E-state index contributed by atoms with van der Waals surface area (Å²) < 4.78 is 6.82. The highest BCUT2D eigenvalue weighted by atomic mass is 32.1. The Kier molecular flexibility index (Phi) is 2.76. The molecule has 1 aromatic carbocycles. The van der Waals surface area contributed by atoms with Crippen LogP contribution in [0.5, 0.6) is 0 Å². The number of benzene rings is 1. The van der Waals surface area contributed by atoms with Crippen LogP contribution in [0, 0.1) is 0 Å². The average Bonchev–Trinajstić information content (AvgIpc) is 2.71. The van der Waals surface area contributed by atoms with Crippen LogP contribution in [0.25, 0.3) is 10.2 Å². The minimum absolute atomic E-state index is 0.0534. The molecule has 1 N–H and O–H groups in total. The Hall–Kier alpha value is -1.13. The van der Waals surface area contributed by atoms with Crippen molar-refractivity contribution in [2.24, 2.45) is 0 Å². The molecule has 1 heterocycles. The van der Waals surface area contributed by atoms with Gasteiger partial charge in [0.05, 0.1) is 15.8 Å². The number of hydrogen-bond acceptors (Lipinski definition) is 4. The predicted octanol–water partition coefficient (Wildman–Crippen LogP) is 3.28. The zero-order valence-electron chi connectivity index (χ0n) is 9.90. The fourth-order valence-electron chi connectivity index (χ4n) is 2.21. The summed E-state index contributed by atoms with van der Waals surface area (Å²) in [5.74, 6) is 0. The van der Waals surface area contributed by atoms with Crippen molar-refractivity contribution in [3.63, 3.8) is 0 Å². The summed E-state index contributed by atoms with van der Waals surface area (Å²) in [7, 11) is 1.80. The minimum atomic E-state index is 0.0534. The van der Waals surface area contributed by atoms with Crippen molar-refractivity contribution in [2.45, 2.75) is 24.9 Å². The van der Waals surface area contributed by atoms with Crippen LogP contribution in [0.2, 0.25) is 0 Å². The number of methoxy groups -OCH3 is 1. The summed E-state index contributed by atoms with van der Waals surface area (Å²) in [5.41, 5.74) is 1.12. The molecule has 1 fully saturated rings. The van der Waals surface area contributed by atoms with Crippen molar-refractivity contribution in [1.82, 2.24) is 4.98 Å². The smallest absolute Gasteiger partial charge is 0.183 e. The van der Waals surface area contributed by atoms with Crippen LogP contribution >= 0.6 is 11.3 Å². The number of ether oxygens (including phenoxy) is 1. The van der Waals surface area contributed by atoms with Crippen LogP contribution in [0.1, 0.15) is 19.3 Å². The molecule has 0 saturated heterocycles. The first-order valence-electron chi connectivity index (χ1n) is 5.96. The third kappa shape index (κ3) is 2.03. The Balaban J connectivity index is 1.72. The third-order valence-electron chi connectivity index (χ3n) is 3.55. The van der Waals surface area contributed by atoms with Crippen molar-refractivity contribution in [3.05, 3.63) is 24.3 Å². The molecule has 1 saturated carbocycles. The summed E-state index contributed by atoms with van der Waals surface area (Å²) in [6, 6.07) is 8.22. The molecule has 1 aliphatic rings. The quantitative estimate of drug-likeness (QED) is 0.901. The van der Waals surface area contributed by atoms with Gasteiger partial charge in [-0.2, -0.15) is 0 Å². The average molecular weight is 248 g/mol. The van der Waals surface area contributed by atoms with Crippen molar-refractivity contribution in [2.75, 3.05) is 19.0 Å². The maximum absolute atomic E-state index is 5.58. The summed E-state index contributed by atoms with van der Waals surface area (Å²) >= 11 is 1.71. The molecule has 4 heteroatoms. The zero-order chi connectivity index (χ0) is 11.7. The highest BCUT2D eigenvalue weighted by Gasteiger charge is 2.36. The monoisotopic (exact) mass is 248 g/mol. The van der Waals surface area contributed by atoms with Gasteiger partial charge in [0.25, 0.3) is 0 Å². The molecule has 0 radical (unpaired) electrons. The van der Waals surface area contributed by atoms with Crippen molar-refractivity contribution in [1.29, 1.82) is 0 Å². The van der Waals surface area contributed by atoms with E-state index in [0.717, 1.165) is 30.0 Å². The fraction of sp³-hybridized carbons (Fsp3) is 0.462. The number of nitrogens with zero attached hydrogens (tertiary/aromatic N) is 1. The lowest BCUT2D eigenvalue weighted by Crippen LogP contribution is -2.45. The number of rotatable bonds is 4. The number of anilines is 1. The van der Waals surface area contributed by atoms with Gasteiger partial charge in [-0.25, -0.2) is 4.98 Å². The maximum atomic E-state index is 5.58. The van der Waals surface area contributed by atoms with Gasteiger partial charge in [0.15, 0.2) is 5.13 Å². The lowest BCUT2D eigenvalue weighted by molar-refractivity contribution is -0.0601. The maximum Gasteiger partial charge on any atom is 0.183 e. The first kappa shape index (κ1) is 11.0. The molecular weight excluding hydrogens is 232 g/mol. The van der Waals surface area contributed by atoms with E-state index in [0.29, 0.717) is 0 Å². The van der Waals surface area contributed by atoms with Gasteiger partial charge < -0.3 is 10.1 Å². The van der Waals surface area contributed by atoms with Crippen molar-refractivity contribution in [3.8, 4) is 0 Å². The van der Waals surface area contributed by atoms with Gasteiger partial charge in [-0.15, -0.1) is 0 Å². The van der Waals surface area contributed by atoms with E-state index in [4.69, 9.17) is 4.74 Å². The van der Waals surface area contributed by atoms with Gasteiger partial charge in [-0.05, 0) is 31.4 Å². The van der Waals surface area contributed by atoms with Crippen molar-refractivity contribution >= 4 is 26.7 Å². The van der Waals surface area contributed by atoms with Gasteiger partial charge in [0.1, 0.15) is 0 Å². The molecule has 0 unspecified atom stereocenters. The molecule has 3 rings (SSSR count). The Labute approximate surface area is 105 Å². The molecule has 3 nitrogen and oxygen atoms in total. The second-order valence-corrected chi connectivity index (χ2v) is 5.61. The molecule has 0 amide bonds. The Morgan fingerprint density at radius 2 is 2.24 bits per heavy atom. The molecule has 0 atom stereocenters. The van der Waals surface area contributed by atoms with Crippen LogP contribution in [-0.2, 0) is 4.74 Å². The Morgan fingerprint density at radius 1 is 1.41 bits per heavy atom. The van der Waals surface area contributed by atoms with E-state index in [9.17, 15) is 0 Å². The SMILES string of the molecule is COC1(CNc2nc3ccccc3s2)CCC1. The molecule has 0 bridgehead atoms. The van der Waals surface area contributed by atoms with E-state index in [-0.39, 0.29) is 5.60 Å². The summed E-state index contributed by atoms with van der Waals surface area (Å²) in [4.78, 5) is 4.56. The van der Waals surface area contributed by atoms with Crippen LogP contribution in [0.3, 0.4) is 0 Å². The molecule has 1 aromatic heterocycles. The molecule has 2 aromatic rings. The van der Waals surface area contributed by atoms with E-state index >= 15 is 0 Å². The molecule has 90 valence electrons.